The SMILES string of the molecule is C=C(CCCCc1nc(C)c(C=C(C)C)s1)/C(N)=C/c1cnc(C)s1.C=CC.CC.CC. The molecule has 0 radical (unpaired) electrons. The number of aryl methyl sites for hydroxylation is 3. The maximum atomic E-state index is 6.15. The molecule has 0 atom stereocenters. The largest absolute Gasteiger partial charge is 0.398 e. The molecule has 0 aliphatic rings. The molecule has 2 heterocycles. The second kappa shape index (κ2) is 19.7. The summed E-state index contributed by atoms with van der Waals surface area (Å²) in [6, 6.07) is 0. The molecule has 0 aliphatic heterocycles. The molecular weight excluding hydrogens is 430 g/mol. The Morgan fingerprint density at radius 2 is 1.66 bits per heavy atom. The first-order valence-corrected chi connectivity index (χ1v) is 13.2. The maximum Gasteiger partial charge on any atom is 0.0934 e. The van der Waals surface area contributed by atoms with Crippen LogP contribution < -0.4 is 5.73 Å². The van der Waals surface area contributed by atoms with Gasteiger partial charge in [-0.3, -0.25) is 0 Å². The van der Waals surface area contributed by atoms with Crippen LogP contribution in [0.4, 0.5) is 0 Å². The number of rotatable bonds is 8. The van der Waals surface area contributed by atoms with Crippen molar-refractivity contribution < 1.29 is 0 Å². The van der Waals surface area contributed by atoms with Gasteiger partial charge in [-0.05, 0) is 78.0 Å². The molecule has 2 aromatic rings. The van der Waals surface area contributed by atoms with Crippen molar-refractivity contribution in [2.45, 2.75) is 88.0 Å². The number of hydrogen-bond acceptors (Lipinski definition) is 5. The van der Waals surface area contributed by atoms with Gasteiger partial charge in [0.2, 0.25) is 0 Å². The van der Waals surface area contributed by atoms with Gasteiger partial charge in [0, 0.05) is 16.8 Å². The zero-order chi connectivity index (χ0) is 25.1. The average molecular weight is 476 g/mol. The third kappa shape index (κ3) is 14.2. The van der Waals surface area contributed by atoms with E-state index < -0.39 is 0 Å². The Morgan fingerprint density at radius 1 is 1.06 bits per heavy atom. The molecule has 0 saturated heterocycles. The average Bonchev–Trinajstić information content (AvgIpc) is 3.33. The van der Waals surface area contributed by atoms with Crippen LogP contribution in [0.1, 0.15) is 93.2 Å². The fourth-order valence-electron chi connectivity index (χ4n) is 2.43. The molecule has 2 rings (SSSR count). The molecule has 5 heteroatoms. The van der Waals surface area contributed by atoms with Crippen molar-refractivity contribution in [2.24, 2.45) is 5.73 Å². The van der Waals surface area contributed by atoms with Gasteiger partial charge >= 0.3 is 0 Å². The van der Waals surface area contributed by atoms with Crippen LogP contribution in [0.3, 0.4) is 0 Å². The van der Waals surface area contributed by atoms with Crippen molar-refractivity contribution in [3.8, 4) is 0 Å². The van der Waals surface area contributed by atoms with E-state index in [0.29, 0.717) is 0 Å². The highest BCUT2D eigenvalue weighted by molar-refractivity contribution is 7.12. The Bertz CT molecular complexity index is 835. The van der Waals surface area contributed by atoms with Crippen LogP contribution in [0.2, 0.25) is 0 Å². The van der Waals surface area contributed by atoms with Crippen LogP contribution in [0, 0.1) is 13.8 Å². The third-order valence-electron chi connectivity index (χ3n) is 3.76. The molecule has 0 fully saturated rings. The fourth-order valence-corrected chi connectivity index (χ4v) is 4.34. The van der Waals surface area contributed by atoms with Gasteiger partial charge in [-0.15, -0.1) is 29.3 Å². The van der Waals surface area contributed by atoms with Crippen LogP contribution >= 0.6 is 22.7 Å². The van der Waals surface area contributed by atoms with Crippen LogP contribution in [0.25, 0.3) is 12.2 Å². The first kappa shape index (κ1) is 32.2. The normalized spacial score (nSPS) is 9.84. The Morgan fingerprint density at radius 3 is 2.16 bits per heavy atom. The highest BCUT2D eigenvalue weighted by Gasteiger charge is 2.06. The van der Waals surface area contributed by atoms with Crippen molar-refractivity contribution in [2.75, 3.05) is 0 Å². The summed E-state index contributed by atoms with van der Waals surface area (Å²) in [5, 5.41) is 2.27. The molecule has 0 bridgehead atoms. The van der Waals surface area contributed by atoms with E-state index in [1.165, 1.54) is 15.5 Å². The minimum absolute atomic E-state index is 0.764. The summed E-state index contributed by atoms with van der Waals surface area (Å²) >= 11 is 3.45. The smallest absolute Gasteiger partial charge is 0.0934 e. The molecule has 180 valence electrons. The lowest BCUT2D eigenvalue weighted by atomic mass is 10.1. The topological polar surface area (TPSA) is 51.8 Å². The monoisotopic (exact) mass is 475 g/mol. The van der Waals surface area contributed by atoms with E-state index in [4.69, 9.17) is 5.73 Å². The summed E-state index contributed by atoms with van der Waals surface area (Å²) < 4.78 is 0. The molecule has 0 saturated carbocycles. The number of allylic oxidation sites excluding steroid dienone is 3. The van der Waals surface area contributed by atoms with Gasteiger partial charge in [0.05, 0.1) is 20.6 Å². The lowest BCUT2D eigenvalue weighted by molar-refractivity contribution is 0.729. The number of nitrogens with two attached hydrogens (primary N) is 1. The number of unbranched alkanes of at least 4 members (excludes halogenated alkanes) is 1. The van der Waals surface area contributed by atoms with Gasteiger partial charge in [0.15, 0.2) is 0 Å². The fraction of sp³-hybridized carbons (Fsp3) is 0.481. The van der Waals surface area contributed by atoms with Gasteiger partial charge in [-0.1, -0.05) is 45.9 Å². The first-order chi connectivity index (χ1) is 15.3. The minimum atomic E-state index is 0.764. The molecular formula is C27H45N3S2. The highest BCUT2D eigenvalue weighted by atomic mass is 32.1. The predicted molar refractivity (Wildman–Crippen MR) is 150 cm³/mol. The third-order valence-corrected chi connectivity index (χ3v) is 5.78. The molecule has 3 nitrogen and oxygen atoms in total. The van der Waals surface area contributed by atoms with Gasteiger partial charge in [0.25, 0.3) is 0 Å². The van der Waals surface area contributed by atoms with Gasteiger partial charge in [0.1, 0.15) is 0 Å². The van der Waals surface area contributed by atoms with Crippen molar-refractivity contribution >= 4 is 34.8 Å². The van der Waals surface area contributed by atoms with E-state index in [1.54, 1.807) is 28.7 Å². The Kier molecular flexibility index (Phi) is 19.8. The second-order valence-electron chi connectivity index (χ2n) is 6.88. The number of nitrogens with zero attached hydrogens (tertiary/aromatic N) is 2. The van der Waals surface area contributed by atoms with Crippen molar-refractivity contribution in [3.63, 3.8) is 0 Å². The molecule has 2 N–H and O–H groups in total. The van der Waals surface area contributed by atoms with E-state index in [-0.39, 0.29) is 0 Å². The van der Waals surface area contributed by atoms with E-state index in [2.05, 4.69) is 50.0 Å². The Hall–Kier alpha value is -1.98. The Balaban J connectivity index is 0. The molecule has 0 aliphatic carbocycles. The highest BCUT2D eigenvalue weighted by Crippen LogP contribution is 2.23. The van der Waals surface area contributed by atoms with E-state index in [9.17, 15) is 0 Å². The first-order valence-electron chi connectivity index (χ1n) is 11.5. The molecule has 2 aromatic heterocycles. The standard InChI is InChI=1S/C20H27N3S2.C3H6.2C2H6/c1-13(2)10-19-15(4)23-20(25-19)9-7-6-8-14(3)18(21)11-17-12-22-16(5)24-17;1-3-2;2*1-2/h10-12H,3,6-9,21H2,1-2,4-5H3;3H,1H2,2H3;2*1-2H3/b18-11-;;;. The molecule has 0 amide bonds. The molecule has 0 aromatic carbocycles. The molecule has 0 unspecified atom stereocenters. The Labute approximate surface area is 205 Å². The van der Waals surface area contributed by atoms with Crippen molar-refractivity contribution in [1.29, 1.82) is 0 Å². The lowest BCUT2D eigenvalue weighted by Gasteiger charge is -2.05. The van der Waals surface area contributed by atoms with Crippen LogP contribution in [0.5, 0.6) is 0 Å². The summed E-state index contributed by atoms with van der Waals surface area (Å²) in [4.78, 5) is 11.3. The maximum absolute atomic E-state index is 6.15. The van der Waals surface area contributed by atoms with Crippen LogP contribution in [-0.2, 0) is 6.42 Å². The summed E-state index contributed by atoms with van der Waals surface area (Å²) in [6.45, 7) is 25.7. The second-order valence-corrected chi connectivity index (χ2v) is 9.26. The zero-order valence-electron chi connectivity index (χ0n) is 21.8. The van der Waals surface area contributed by atoms with E-state index in [1.807, 2.05) is 53.8 Å². The summed E-state index contributed by atoms with van der Waals surface area (Å²) in [7, 11) is 0. The van der Waals surface area contributed by atoms with Crippen LogP contribution in [0.15, 0.2) is 42.3 Å². The van der Waals surface area contributed by atoms with Crippen molar-refractivity contribution in [1.82, 2.24) is 9.97 Å². The summed E-state index contributed by atoms with van der Waals surface area (Å²) in [6.07, 6.45) is 11.9. The molecule has 0 spiro atoms. The lowest BCUT2D eigenvalue weighted by Crippen LogP contribution is -2.00. The van der Waals surface area contributed by atoms with Gasteiger partial charge < -0.3 is 5.73 Å². The summed E-state index contributed by atoms with van der Waals surface area (Å²) in [5.41, 5.74) is 10.4. The number of thiazole rings is 2. The van der Waals surface area contributed by atoms with Gasteiger partial charge in [-0.25, -0.2) is 9.97 Å². The van der Waals surface area contributed by atoms with Crippen molar-refractivity contribution in [3.05, 3.63) is 67.7 Å². The van der Waals surface area contributed by atoms with Gasteiger partial charge in [-0.2, -0.15) is 0 Å². The molecule has 32 heavy (non-hydrogen) atoms. The predicted octanol–water partition coefficient (Wildman–Crippen LogP) is 9.15. The number of aromatic nitrogens is 2. The zero-order valence-corrected chi connectivity index (χ0v) is 23.5. The number of hydrogen-bond donors (Lipinski definition) is 1. The van der Waals surface area contributed by atoms with Crippen LogP contribution in [-0.4, -0.2) is 9.97 Å². The minimum Gasteiger partial charge on any atom is -0.398 e. The summed E-state index contributed by atoms with van der Waals surface area (Å²) in [5.74, 6) is 0. The van der Waals surface area contributed by atoms with E-state index in [0.717, 1.165) is 52.5 Å². The quantitative estimate of drug-likeness (QED) is 0.235. The van der Waals surface area contributed by atoms with E-state index >= 15 is 0 Å².